The van der Waals surface area contributed by atoms with Gasteiger partial charge in [0, 0.05) is 0 Å². The van der Waals surface area contributed by atoms with Crippen LogP contribution in [0.15, 0.2) is 36.4 Å². The van der Waals surface area contributed by atoms with Crippen molar-refractivity contribution in [1.82, 2.24) is 0 Å². The summed E-state index contributed by atoms with van der Waals surface area (Å²) in [6.45, 7) is -3.03. The van der Waals surface area contributed by atoms with Crippen LogP contribution in [0.4, 0.5) is 14.5 Å². The Kier molecular flexibility index (Phi) is 3.99. The van der Waals surface area contributed by atoms with Gasteiger partial charge in [0.25, 0.3) is 0 Å². The van der Waals surface area contributed by atoms with E-state index in [1.54, 1.807) is 18.2 Å². The van der Waals surface area contributed by atoms with Crippen molar-refractivity contribution < 1.29 is 33.0 Å². The fourth-order valence-corrected chi connectivity index (χ4v) is 2.90. The number of hydrogen-bond acceptors (Lipinski definition) is 4. The molecule has 0 radical (unpaired) electrons. The average molecular weight is 325 g/mol. The zero-order valence-electron chi connectivity index (χ0n) is 11.7. The van der Waals surface area contributed by atoms with Crippen LogP contribution in [-0.2, 0) is 14.3 Å². The molecule has 2 aliphatic heterocycles. The molecule has 0 unspecified atom stereocenters. The van der Waals surface area contributed by atoms with Crippen LogP contribution in [0, 0.1) is 11.8 Å². The van der Waals surface area contributed by atoms with E-state index in [0.717, 1.165) is 0 Å². The lowest BCUT2D eigenvalue weighted by molar-refractivity contribution is -0.145. The minimum Gasteiger partial charge on any atom is -0.481 e. The second-order valence-electron chi connectivity index (χ2n) is 5.20. The molecule has 2 heterocycles. The van der Waals surface area contributed by atoms with Crippen LogP contribution in [0.25, 0.3) is 0 Å². The van der Waals surface area contributed by atoms with E-state index < -0.39 is 42.5 Å². The summed E-state index contributed by atoms with van der Waals surface area (Å²) in [6, 6.07) is 5.71. The molecule has 2 aliphatic rings. The fraction of sp³-hybridized carbons (Fsp3) is 0.333. The maximum atomic E-state index is 12.4. The highest BCUT2D eigenvalue weighted by Gasteiger charge is 2.53. The van der Waals surface area contributed by atoms with Crippen LogP contribution in [-0.4, -0.2) is 35.8 Å². The first-order chi connectivity index (χ1) is 11.0. The fourth-order valence-electron chi connectivity index (χ4n) is 2.90. The zero-order valence-corrected chi connectivity index (χ0v) is 11.7. The van der Waals surface area contributed by atoms with Gasteiger partial charge >= 0.3 is 12.6 Å². The van der Waals surface area contributed by atoms with Crippen molar-refractivity contribution in [3.8, 4) is 5.75 Å². The molecule has 0 saturated carbocycles. The van der Waals surface area contributed by atoms with E-state index in [1.165, 1.54) is 18.2 Å². The third-order valence-corrected chi connectivity index (χ3v) is 3.85. The number of alkyl halides is 2. The molecule has 0 spiro atoms. The minimum atomic E-state index is -3.03. The predicted octanol–water partition coefficient (Wildman–Crippen LogP) is 1.88. The van der Waals surface area contributed by atoms with Crippen molar-refractivity contribution in [2.75, 3.05) is 5.32 Å². The number of fused-ring (bicyclic) bond motifs is 2. The van der Waals surface area contributed by atoms with Crippen LogP contribution in [0.3, 0.4) is 0 Å². The van der Waals surface area contributed by atoms with Gasteiger partial charge in [0.05, 0.1) is 23.8 Å². The Morgan fingerprint density at radius 2 is 1.83 bits per heavy atom. The van der Waals surface area contributed by atoms with Crippen molar-refractivity contribution in [1.29, 1.82) is 0 Å². The van der Waals surface area contributed by atoms with Crippen molar-refractivity contribution in [2.45, 2.75) is 18.8 Å². The Bertz CT molecular complexity index is 663. The molecule has 0 aromatic heterocycles. The van der Waals surface area contributed by atoms with Gasteiger partial charge in [-0.3, -0.25) is 9.59 Å². The zero-order chi connectivity index (χ0) is 16.6. The second kappa shape index (κ2) is 5.96. The number of nitrogens with one attached hydrogen (secondary N) is 1. The third kappa shape index (κ3) is 2.89. The van der Waals surface area contributed by atoms with Crippen molar-refractivity contribution in [3.05, 3.63) is 36.4 Å². The van der Waals surface area contributed by atoms with Gasteiger partial charge in [0.15, 0.2) is 0 Å². The summed E-state index contributed by atoms with van der Waals surface area (Å²) >= 11 is 0. The van der Waals surface area contributed by atoms with Gasteiger partial charge in [-0.2, -0.15) is 8.78 Å². The summed E-state index contributed by atoms with van der Waals surface area (Å²) < 4.78 is 34.5. The average Bonchev–Trinajstić information content (AvgIpc) is 3.09. The number of rotatable bonds is 5. The topological polar surface area (TPSA) is 84.9 Å². The Morgan fingerprint density at radius 3 is 2.48 bits per heavy atom. The van der Waals surface area contributed by atoms with E-state index in [2.05, 4.69) is 10.1 Å². The lowest BCUT2D eigenvalue weighted by Gasteiger charge is -2.21. The Balaban J connectivity index is 1.80. The molecule has 1 amide bonds. The summed E-state index contributed by atoms with van der Waals surface area (Å²) in [5, 5.41) is 11.7. The minimum absolute atomic E-state index is 0.0497. The summed E-state index contributed by atoms with van der Waals surface area (Å²) in [4.78, 5) is 23.8. The SMILES string of the molecule is O=C(Nc1ccccc1OC(F)F)[C@@H]1[C@H](C(=O)O)[C@H]2C=C[C@H]1O2. The molecule has 2 N–H and O–H groups in total. The monoisotopic (exact) mass is 325 g/mol. The lowest BCUT2D eigenvalue weighted by Crippen LogP contribution is -2.39. The Hall–Kier alpha value is -2.48. The molecule has 0 aliphatic carbocycles. The van der Waals surface area contributed by atoms with E-state index in [1.807, 2.05) is 0 Å². The van der Waals surface area contributed by atoms with Gasteiger partial charge in [-0.15, -0.1) is 0 Å². The number of halogens is 2. The first-order valence-corrected chi connectivity index (χ1v) is 6.88. The quantitative estimate of drug-likeness (QED) is 0.808. The van der Waals surface area contributed by atoms with Crippen LogP contribution in [0.2, 0.25) is 0 Å². The number of anilines is 1. The van der Waals surface area contributed by atoms with Crippen LogP contribution >= 0.6 is 0 Å². The molecule has 6 nitrogen and oxygen atoms in total. The first-order valence-electron chi connectivity index (χ1n) is 6.88. The van der Waals surface area contributed by atoms with E-state index >= 15 is 0 Å². The van der Waals surface area contributed by atoms with Gasteiger partial charge in [0.1, 0.15) is 11.7 Å². The molecular weight excluding hydrogens is 312 g/mol. The highest BCUT2D eigenvalue weighted by Crippen LogP contribution is 2.40. The number of ether oxygens (including phenoxy) is 2. The summed E-state index contributed by atoms with van der Waals surface area (Å²) in [7, 11) is 0. The highest BCUT2D eigenvalue weighted by molar-refractivity contribution is 5.97. The lowest BCUT2D eigenvalue weighted by atomic mass is 9.82. The molecular formula is C15H13F2NO5. The largest absolute Gasteiger partial charge is 0.481 e. The van der Waals surface area contributed by atoms with Crippen LogP contribution in [0.5, 0.6) is 5.75 Å². The van der Waals surface area contributed by atoms with E-state index in [-0.39, 0.29) is 11.4 Å². The predicted molar refractivity (Wildman–Crippen MR) is 74.1 cm³/mol. The first kappa shape index (κ1) is 15.4. The standard InChI is InChI=1S/C15H13F2NO5/c16-15(17)23-8-4-2-1-3-7(8)18-13(19)11-9-5-6-10(22-9)12(11)14(20)21/h1-6,9-12,15H,(H,18,19)(H,20,21)/t9-,10-,11+,12-/m1/s1. The number of amides is 1. The molecule has 1 saturated heterocycles. The number of carbonyl (C=O) groups excluding carboxylic acids is 1. The number of carbonyl (C=O) groups is 2. The Labute approximate surface area is 129 Å². The molecule has 122 valence electrons. The molecule has 4 atom stereocenters. The normalized spacial score (nSPS) is 28.1. The number of aliphatic carboxylic acids is 1. The van der Waals surface area contributed by atoms with Gasteiger partial charge in [0.2, 0.25) is 5.91 Å². The highest BCUT2D eigenvalue weighted by atomic mass is 19.3. The van der Waals surface area contributed by atoms with Gasteiger partial charge in [-0.05, 0) is 12.1 Å². The summed E-state index contributed by atoms with van der Waals surface area (Å²) in [6.07, 6.45) is 1.96. The molecule has 2 bridgehead atoms. The molecule has 1 aromatic rings. The van der Waals surface area contributed by atoms with Crippen LogP contribution in [0.1, 0.15) is 0 Å². The van der Waals surface area contributed by atoms with Crippen molar-refractivity contribution >= 4 is 17.6 Å². The third-order valence-electron chi connectivity index (χ3n) is 3.85. The molecule has 1 aromatic carbocycles. The molecule has 23 heavy (non-hydrogen) atoms. The van der Waals surface area contributed by atoms with Gasteiger partial charge in [-0.25, -0.2) is 0 Å². The number of carboxylic acid groups (broad SMARTS) is 1. The van der Waals surface area contributed by atoms with Gasteiger partial charge in [-0.1, -0.05) is 24.3 Å². The van der Waals surface area contributed by atoms with Gasteiger partial charge < -0.3 is 19.9 Å². The van der Waals surface area contributed by atoms with E-state index in [0.29, 0.717) is 0 Å². The maximum Gasteiger partial charge on any atom is 0.387 e. The molecule has 3 rings (SSSR count). The number of para-hydroxylation sites is 2. The Morgan fingerprint density at radius 1 is 1.17 bits per heavy atom. The molecule has 1 fully saturated rings. The summed E-state index contributed by atoms with van der Waals surface area (Å²) in [5.74, 6) is -3.88. The van der Waals surface area contributed by atoms with E-state index in [9.17, 15) is 23.5 Å². The van der Waals surface area contributed by atoms with Crippen molar-refractivity contribution in [2.24, 2.45) is 11.8 Å². The maximum absolute atomic E-state index is 12.4. The number of hydrogen-bond donors (Lipinski definition) is 2. The molecule has 8 heteroatoms. The van der Waals surface area contributed by atoms with Crippen molar-refractivity contribution in [3.63, 3.8) is 0 Å². The smallest absolute Gasteiger partial charge is 0.387 e. The van der Waals surface area contributed by atoms with E-state index in [4.69, 9.17) is 4.74 Å². The summed E-state index contributed by atoms with van der Waals surface area (Å²) in [5.41, 5.74) is 0.0497. The number of carboxylic acids is 1. The van der Waals surface area contributed by atoms with Crippen LogP contribution < -0.4 is 10.1 Å². The second-order valence-corrected chi connectivity index (χ2v) is 5.20. The number of benzene rings is 1.